The van der Waals surface area contributed by atoms with Crippen molar-refractivity contribution >= 4 is 27.5 Å². The lowest BCUT2D eigenvalue weighted by Crippen LogP contribution is -2.42. The summed E-state index contributed by atoms with van der Waals surface area (Å²) in [4.78, 5) is 14.6. The van der Waals surface area contributed by atoms with E-state index >= 15 is 0 Å². The van der Waals surface area contributed by atoms with Gasteiger partial charge in [0.05, 0.1) is 0 Å². The number of hydrogen-bond acceptors (Lipinski definition) is 2. The number of carbonyl (C=O) groups is 1. The van der Waals surface area contributed by atoms with Crippen molar-refractivity contribution in [1.82, 2.24) is 0 Å². The van der Waals surface area contributed by atoms with Gasteiger partial charge in [-0.25, -0.2) is 0 Å². The predicted octanol–water partition coefficient (Wildman–Crippen LogP) is 3.86. The highest BCUT2D eigenvalue weighted by atomic mass is 79.9. The first-order valence-electron chi connectivity index (χ1n) is 8.18. The molecule has 0 saturated carbocycles. The van der Waals surface area contributed by atoms with E-state index in [2.05, 4.69) is 48.0 Å². The Hall–Kier alpha value is -0.870. The Labute approximate surface area is 141 Å². The molecule has 2 heterocycles. The molecule has 1 fully saturated rings. The number of benzene rings is 1. The van der Waals surface area contributed by atoms with Crippen LogP contribution in [0.2, 0.25) is 0 Å². The minimum absolute atomic E-state index is 0.100. The van der Waals surface area contributed by atoms with Crippen LogP contribution in [-0.2, 0) is 22.4 Å². The molecule has 3 nitrogen and oxygen atoms in total. The Kier molecular flexibility index (Phi) is 4.60. The predicted molar refractivity (Wildman–Crippen MR) is 92.8 cm³/mol. The van der Waals surface area contributed by atoms with Crippen molar-refractivity contribution in [3.8, 4) is 0 Å². The van der Waals surface area contributed by atoms with Crippen LogP contribution in [0.5, 0.6) is 0 Å². The molecule has 3 rings (SSSR count). The zero-order valence-electron chi connectivity index (χ0n) is 13.4. The molecule has 1 amide bonds. The number of aryl methyl sites for hydroxylation is 1. The third-order valence-corrected chi connectivity index (χ3v) is 4.64. The maximum Gasteiger partial charge on any atom is 0.256 e. The summed E-state index contributed by atoms with van der Waals surface area (Å²) in [6.07, 6.45) is 4.71. The van der Waals surface area contributed by atoms with Crippen LogP contribution in [0, 0.1) is 0 Å². The van der Waals surface area contributed by atoms with E-state index in [1.54, 1.807) is 0 Å². The van der Waals surface area contributed by atoms with Crippen molar-refractivity contribution in [3.63, 3.8) is 0 Å². The van der Waals surface area contributed by atoms with Gasteiger partial charge in [-0.3, -0.25) is 4.79 Å². The first-order valence-corrected chi connectivity index (χ1v) is 8.97. The van der Waals surface area contributed by atoms with Crippen LogP contribution < -0.4 is 4.90 Å². The zero-order chi connectivity index (χ0) is 15.7. The number of carbonyl (C=O) groups excluding carboxylic acids is 1. The molecule has 1 unspecified atom stereocenters. The van der Waals surface area contributed by atoms with Gasteiger partial charge in [-0.05, 0) is 63.1 Å². The Balaban J connectivity index is 1.82. The summed E-state index contributed by atoms with van der Waals surface area (Å²) < 4.78 is 5.68. The van der Waals surface area contributed by atoms with Gasteiger partial charge in [-0.1, -0.05) is 28.1 Å². The summed E-state index contributed by atoms with van der Waals surface area (Å²) in [7, 11) is 0. The summed E-state index contributed by atoms with van der Waals surface area (Å²) in [6, 6.07) is 6.55. The molecule has 1 atom stereocenters. The largest absolute Gasteiger partial charge is 0.368 e. The molecule has 2 aliphatic rings. The number of fused-ring (bicyclic) bond motifs is 1. The molecule has 1 aromatic rings. The van der Waals surface area contributed by atoms with Gasteiger partial charge in [0.25, 0.3) is 5.91 Å². The van der Waals surface area contributed by atoms with Crippen molar-refractivity contribution in [2.75, 3.05) is 18.1 Å². The molecule has 0 N–H and O–H groups in total. The van der Waals surface area contributed by atoms with Gasteiger partial charge >= 0.3 is 0 Å². The van der Waals surface area contributed by atoms with E-state index < -0.39 is 0 Å². The number of ether oxygens (including phenoxy) is 1. The highest BCUT2D eigenvalue weighted by Gasteiger charge is 2.31. The maximum atomic E-state index is 12.7. The van der Waals surface area contributed by atoms with Gasteiger partial charge in [0.15, 0.2) is 0 Å². The van der Waals surface area contributed by atoms with Crippen molar-refractivity contribution in [1.29, 1.82) is 0 Å². The molecule has 0 bridgehead atoms. The lowest BCUT2D eigenvalue weighted by Gasteiger charge is -2.32. The standard InChI is InChI=1S/C18H24BrNO2/c1-18(2,19)12-13-7-8-15-14(11-13)5-3-9-20(15)17(21)16-6-4-10-22-16/h7-8,11,16H,3-6,9-10,12H2,1-2H3. The van der Waals surface area contributed by atoms with Gasteiger partial charge < -0.3 is 9.64 Å². The maximum absolute atomic E-state index is 12.7. The number of anilines is 1. The van der Waals surface area contributed by atoms with Gasteiger partial charge in [0, 0.05) is 23.2 Å². The topological polar surface area (TPSA) is 29.5 Å². The van der Waals surface area contributed by atoms with Gasteiger partial charge in [-0.2, -0.15) is 0 Å². The molecule has 0 aliphatic carbocycles. The van der Waals surface area contributed by atoms with E-state index in [1.165, 1.54) is 11.1 Å². The van der Waals surface area contributed by atoms with E-state index in [-0.39, 0.29) is 16.3 Å². The number of rotatable bonds is 3. The van der Waals surface area contributed by atoms with E-state index in [0.29, 0.717) is 0 Å². The van der Waals surface area contributed by atoms with E-state index in [4.69, 9.17) is 4.74 Å². The summed E-state index contributed by atoms with van der Waals surface area (Å²) in [6.45, 7) is 5.89. The molecule has 0 radical (unpaired) electrons. The second-order valence-corrected chi connectivity index (χ2v) is 9.10. The minimum Gasteiger partial charge on any atom is -0.368 e. The second kappa shape index (κ2) is 6.32. The van der Waals surface area contributed by atoms with Crippen molar-refractivity contribution < 1.29 is 9.53 Å². The highest BCUT2D eigenvalue weighted by Crippen LogP contribution is 2.32. The Morgan fingerprint density at radius 1 is 1.41 bits per heavy atom. The molecular formula is C18H24BrNO2. The number of halogens is 1. The molecule has 0 spiro atoms. The second-order valence-electron chi connectivity index (χ2n) is 6.95. The molecule has 1 aromatic carbocycles. The number of hydrogen-bond donors (Lipinski definition) is 0. The third kappa shape index (κ3) is 3.54. The van der Waals surface area contributed by atoms with Crippen LogP contribution in [0.4, 0.5) is 5.69 Å². The van der Waals surface area contributed by atoms with Crippen molar-refractivity contribution in [2.45, 2.75) is 56.4 Å². The van der Waals surface area contributed by atoms with Gasteiger partial charge in [0.2, 0.25) is 0 Å². The first-order chi connectivity index (χ1) is 10.4. The van der Waals surface area contributed by atoms with Crippen LogP contribution in [0.3, 0.4) is 0 Å². The van der Waals surface area contributed by atoms with Crippen LogP contribution in [-0.4, -0.2) is 29.5 Å². The van der Waals surface area contributed by atoms with Crippen LogP contribution in [0.25, 0.3) is 0 Å². The van der Waals surface area contributed by atoms with E-state index in [1.807, 2.05) is 4.90 Å². The van der Waals surface area contributed by atoms with Crippen LogP contribution >= 0.6 is 15.9 Å². The fraction of sp³-hybridized carbons (Fsp3) is 0.611. The first kappa shape index (κ1) is 16.0. The molecule has 22 heavy (non-hydrogen) atoms. The Morgan fingerprint density at radius 2 is 2.23 bits per heavy atom. The van der Waals surface area contributed by atoms with Crippen LogP contribution in [0.1, 0.15) is 44.2 Å². The molecule has 1 saturated heterocycles. The smallest absolute Gasteiger partial charge is 0.256 e. The molecular weight excluding hydrogens is 342 g/mol. The summed E-state index contributed by atoms with van der Waals surface area (Å²) in [5.41, 5.74) is 3.71. The van der Waals surface area contributed by atoms with Crippen molar-refractivity contribution in [3.05, 3.63) is 29.3 Å². The highest BCUT2D eigenvalue weighted by molar-refractivity contribution is 9.10. The number of nitrogens with zero attached hydrogens (tertiary/aromatic N) is 1. The van der Waals surface area contributed by atoms with E-state index in [0.717, 1.165) is 50.9 Å². The zero-order valence-corrected chi connectivity index (χ0v) is 15.0. The Bertz CT molecular complexity index is 559. The molecule has 4 heteroatoms. The lowest BCUT2D eigenvalue weighted by atomic mass is 9.95. The van der Waals surface area contributed by atoms with Gasteiger partial charge in [-0.15, -0.1) is 0 Å². The number of alkyl halides is 1. The normalized spacial score (nSPS) is 21.8. The SMILES string of the molecule is CC(C)(Br)Cc1ccc2c(c1)CCCN2C(=O)C1CCCO1. The summed E-state index contributed by atoms with van der Waals surface area (Å²) in [5.74, 6) is 0.145. The monoisotopic (exact) mass is 365 g/mol. The number of amides is 1. The third-order valence-electron chi connectivity index (χ3n) is 4.36. The molecule has 0 aromatic heterocycles. The van der Waals surface area contributed by atoms with E-state index in [9.17, 15) is 4.79 Å². The molecule has 120 valence electrons. The fourth-order valence-electron chi connectivity index (χ4n) is 3.42. The van der Waals surface area contributed by atoms with Crippen molar-refractivity contribution in [2.24, 2.45) is 0 Å². The Morgan fingerprint density at radius 3 is 2.91 bits per heavy atom. The fourth-order valence-corrected chi connectivity index (χ4v) is 3.74. The molecule has 2 aliphatic heterocycles. The summed E-state index contributed by atoms with van der Waals surface area (Å²) >= 11 is 3.71. The lowest BCUT2D eigenvalue weighted by molar-refractivity contribution is -0.127. The average Bonchev–Trinajstić information content (AvgIpc) is 2.98. The minimum atomic E-state index is -0.230. The average molecular weight is 366 g/mol. The summed E-state index contributed by atoms with van der Waals surface area (Å²) in [5, 5.41) is 0. The van der Waals surface area contributed by atoms with Crippen LogP contribution in [0.15, 0.2) is 18.2 Å². The quantitative estimate of drug-likeness (QED) is 0.761. The van der Waals surface area contributed by atoms with Gasteiger partial charge in [0.1, 0.15) is 6.10 Å².